The van der Waals surface area contributed by atoms with E-state index in [1.807, 2.05) is 0 Å². The van der Waals surface area contributed by atoms with Crippen LogP contribution in [0.1, 0.15) is 23.2 Å². The Bertz CT molecular complexity index is 765. The van der Waals surface area contributed by atoms with Crippen LogP contribution in [0.5, 0.6) is 0 Å². The van der Waals surface area contributed by atoms with Crippen LogP contribution < -0.4 is 11.2 Å². The first-order valence-corrected chi connectivity index (χ1v) is 6.63. The average Bonchev–Trinajstić information content (AvgIpc) is 2.45. The number of rotatable bonds is 5. The SMILES string of the molecule is O=C(CCCn1cc(Cl)c(=O)[nH]c1=O)c1ccc(F)cc1. The number of nitrogens with one attached hydrogen (secondary N) is 1. The third-order valence-electron chi connectivity index (χ3n) is 2.94. The maximum atomic E-state index is 12.7. The largest absolute Gasteiger partial charge is 0.328 e. The predicted octanol–water partition coefficient (Wildman–Crippen LogP) is 1.99. The van der Waals surface area contributed by atoms with E-state index in [-0.39, 0.29) is 23.8 Å². The third kappa shape index (κ3) is 3.88. The Kier molecular flexibility index (Phi) is 4.70. The smallest absolute Gasteiger partial charge is 0.299 e. The molecular formula is C14H12ClFN2O3. The lowest BCUT2D eigenvalue weighted by Gasteiger charge is -2.05. The number of H-pyrrole nitrogens is 1. The van der Waals surface area contributed by atoms with Gasteiger partial charge in [-0.1, -0.05) is 11.6 Å². The lowest BCUT2D eigenvalue weighted by atomic mass is 10.1. The standard InChI is InChI=1S/C14H12ClFN2O3/c15-11-8-18(14(21)17-13(11)20)7-1-2-12(19)9-3-5-10(16)6-4-9/h3-6,8H,1-2,7H2,(H,17,20,21). The summed E-state index contributed by atoms with van der Waals surface area (Å²) in [5.41, 5.74) is -0.790. The summed E-state index contributed by atoms with van der Waals surface area (Å²) < 4.78 is 14.0. The Morgan fingerprint density at radius 3 is 2.57 bits per heavy atom. The summed E-state index contributed by atoms with van der Waals surface area (Å²) in [4.78, 5) is 36.5. The zero-order chi connectivity index (χ0) is 15.4. The van der Waals surface area contributed by atoms with E-state index < -0.39 is 17.1 Å². The van der Waals surface area contributed by atoms with Crippen molar-refractivity contribution < 1.29 is 9.18 Å². The van der Waals surface area contributed by atoms with Crippen molar-refractivity contribution in [1.82, 2.24) is 9.55 Å². The normalized spacial score (nSPS) is 10.6. The molecule has 0 amide bonds. The average molecular weight is 311 g/mol. The van der Waals surface area contributed by atoms with Crippen molar-refractivity contribution in [2.45, 2.75) is 19.4 Å². The molecule has 0 aliphatic carbocycles. The summed E-state index contributed by atoms with van der Waals surface area (Å²) in [6, 6.07) is 5.28. The van der Waals surface area contributed by atoms with Gasteiger partial charge in [-0.05, 0) is 30.7 Å². The summed E-state index contributed by atoms with van der Waals surface area (Å²) in [5, 5.41) is -0.0838. The first-order chi connectivity index (χ1) is 9.97. The minimum absolute atomic E-state index is 0.0838. The number of benzene rings is 1. The third-order valence-corrected chi connectivity index (χ3v) is 3.21. The molecule has 0 aliphatic rings. The summed E-state index contributed by atoms with van der Waals surface area (Å²) in [6.07, 6.45) is 1.85. The molecule has 21 heavy (non-hydrogen) atoms. The Morgan fingerprint density at radius 1 is 1.24 bits per heavy atom. The van der Waals surface area contributed by atoms with Crippen molar-refractivity contribution in [1.29, 1.82) is 0 Å². The molecule has 1 aromatic carbocycles. The predicted molar refractivity (Wildman–Crippen MR) is 76.3 cm³/mol. The summed E-state index contributed by atoms with van der Waals surface area (Å²) >= 11 is 5.63. The lowest BCUT2D eigenvalue weighted by Crippen LogP contribution is -2.29. The number of ketones is 1. The number of hydrogen-bond acceptors (Lipinski definition) is 3. The van der Waals surface area contributed by atoms with Gasteiger partial charge in [0.2, 0.25) is 0 Å². The highest BCUT2D eigenvalue weighted by Crippen LogP contribution is 2.08. The first-order valence-electron chi connectivity index (χ1n) is 6.25. The Labute approximate surface area is 124 Å². The molecule has 0 atom stereocenters. The second-order valence-electron chi connectivity index (χ2n) is 4.46. The molecule has 0 unspecified atom stereocenters. The number of halogens is 2. The highest BCUT2D eigenvalue weighted by Gasteiger charge is 2.07. The van der Waals surface area contributed by atoms with Crippen LogP contribution in [-0.2, 0) is 6.54 Å². The molecule has 0 bridgehead atoms. The van der Waals surface area contributed by atoms with Crippen LogP contribution in [0, 0.1) is 5.82 Å². The van der Waals surface area contributed by atoms with E-state index in [1.54, 1.807) is 0 Å². The first kappa shape index (κ1) is 15.2. The molecule has 2 rings (SSSR count). The van der Waals surface area contributed by atoms with E-state index in [0.29, 0.717) is 12.0 Å². The summed E-state index contributed by atoms with van der Waals surface area (Å²) in [5.74, 6) is -0.542. The van der Waals surface area contributed by atoms with Gasteiger partial charge in [-0.15, -0.1) is 0 Å². The maximum Gasteiger partial charge on any atom is 0.328 e. The van der Waals surface area contributed by atoms with Crippen molar-refractivity contribution in [2.24, 2.45) is 0 Å². The molecule has 1 aromatic heterocycles. The topological polar surface area (TPSA) is 71.9 Å². The van der Waals surface area contributed by atoms with Crippen molar-refractivity contribution in [3.8, 4) is 0 Å². The minimum Gasteiger partial charge on any atom is -0.299 e. The van der Waals surface area contributed by atoms with Crippen LogP contribution in [0.2, 0.25) is 5.02 Å². The number of aryl methyl sites for hydroxylation is 1. The second-order valence-corrected chi connectivity index (χ2v) is 4.87. The molecule has 0 radical (unpaired) electrons. The lowest BCUT2D eigenvalue weighted by molar-refractivity contribution is 0.0978. The van der Waals surface area contributed by atoms with E-state index in [0.717, 1.165) is 0 Å². The van der Waals surface area contributed by atoms with Crippen molar-refractivity contribution in [3.63, 3.8) is 0 Å². The van der Waals surface area contributed by atoms with Crippen molar-refractivity contribution in [2.75, 3.05) is 0 Å². The fourth-order valence-electron chi connectivity index (χ4n) is 1.84. The molecule has 2 aromatic rings. The molecule has 7 heteroatoms. The van der Waals surface area contributed by atoms with Gasteiger partial charge >= 0.3 is 5.69 Å². The Balaban J connectivity index is 1.97. The van der Waals surface area contributed by atoms with E-state index in [2.05, 4.69) is 4.98 Å². The highest BCUT2D eigenvalue weighted by atomic mass is 35.5. The number of nitrogens with zero attached hydrogens (tertiary/aromatic N) is 1. The Morgan fingerprint density at radius 2 is 1.90 bits per heavy atom. The molecule has 0 fully saturated rings. The molecule has 110 valence electrons. The quantitative estimate of drug-likeness (QED) is 0.858. The second kappa shape index (κ2) is 6.49. The van der Waals surface area contributed by atoms with Gasteiger partial charge in [-0.2, -0.15) is 0 Å². The number of aromatic nitrogens is 2. The molecular weight excluding hydrogens is 299 g/mol. The van der Waals surface area contributed by atoms with E-state index in [4.69, 9.17) is 11.6 Å². The van der Waals surface area contributed by atoms with Gasteiger partial charge in [0.25, 0.3) is 5.56 Å². The number of carbonyl (C=O) groups excluding carboxylic acids is 1. The molecule has 0 aliphatic heterocycles. The number of carbonyl (C=O) groups is 1. The van der Waals surface area contributed by atoms with Gasteiger partial charge in [0.1, 0.15) is 10.8 Å². The fraction of sp³-hybridized carbons (Fsp3) is 0.214. The fourth-order valence-corrected chi connectivity index (χ4v) is 2.00. The minimum atomic E-state index is -0.639. The van der Waals surface area contributed by atoms with Crippen LogP contribution in [0.15, 0.2) is 40.1 Å². The molecule has 1 heterocycles. The van der Waals surface area contributed by atoms with E-state index in [9.17, 15) is 18.8 Å². The van der Waals surface area contributed by atoms with Crippen molar-refractivity contribution >= 4 is 17.4 Å². The van der Waals surface area contributed by atoms with Crippen LogP contribution in [0.25, 0.3) is 0 Å². The highest BCUT2D eigenvalue weighted by molar-refractivity contribution is 6.30. The molecule has 0 spiro atoms. The molecule has 0 saturated heterocycles. The number of Topliss-reactive ketones (excluding diaryl/α,β-unsaturated/α-hetero) is 1. The molecule has 1 N–H and O–H groups in total. The molecule has 0 saturated carbocycles. The zero-order valence-electron chi connectivity index (χ0n) is 10.9. The maximum absolute atomic E-state index is 12.7. The van der Waals surface area contributed by atoms with Gasteiger partial charge in [0.05, 0.1) is 0 Å². The summed E-state index contributed by atoms with van der Waals surface area (Å²) in [7, 11) is 0. The van der Waals surface area contributed by atoms with Gasteiger partial charge in [0, 0.05) is 24.7 Å². The van der Waals surface area contributed by atoms with Crippen LogP contribution in [-0.4, -0.2) is 15.3 Å². The summed E-state index contributed by atoms with van der Waals surface area (Å²) in [6.45, 7) is 0.252. The van der Waals surface area contributed by atoms with E-state index in [1.165, 1.54) is 35.0 Å². The zero-order valence-corrected chi connectivity index (χ0v) is 11.7. The van der Waals surface area contributed by atoms with E-state index >= 15 is 0 Å². The van der Waals surface area contributed by atoms with Gasteiger partial charge < -0.3 is 0 Å². The van der Waals surface area contributed by atoms with Gasteiger partial charge in [0.15, 0.2) is 5.78 Å². The Hall–Kier alpha value is -2.21. The van der Waals surface area contributed by atoms with Gasteiger partial charge in [-0.25, -0.2) is 9.18 Å². The molecule has 5 nitrogen and oxygen atoms in total. The van der Waals surface area contributed by atoms with Crippen LogP contribution in [0.3, 0.4) is 0 Å². The van der Waals surface area contributed by atoms with Crippen LogP contribution in [0.4, 0.5) is 4.39 Å². The van der Waals surface area contributed by atoms with Crippen LogP contribution >= 0.6 is 11.6 Å². The monoisotopic (exact) mass is 310 g/mol. The van der Waals surface area contributed by atoms with Crippen molar-refractivity contribution in [3.05, 3.63) is 67.7 Å². The number of hydrogen-bond donors (Lipinski definition) is 1. The van der Waals surface area contributed by atoms with Gasteiger partial charge in [-0.3, -0.25) is 19.1 Å². The number of aromatic amines is 1.